The number of aromatic nitrogens is 10. The second-order valence-corrected chi connectivity index (χ2v) is 12.5. The van der Waals surface area contributed by atoms with E-state index in [-0.39, 0.29) is 0 Å². The number of nitrogens with one attached hydrogen (secondary N) is 3. The fourth-order valence-corrected chi connectivity index (χ4v) is 5.02. The van der Waals surface area contributed by atoms with Crippen LogP contribution in [0.1, 0.15) is 56.4 Å². The summed E-state index contributed by atoms with van der Waals surface area (Å²) in [5.74, 6) is 3.59. The maximum atomic E-state index is 4.67. The van der Waals surface area contributed by atoms with Crippen molar-refractivity contribution in [2.45, 2.75) is 46.5 Å². The molecule has 0 aliphatic heterocycles. The van der Waals surface area contributed by atoms with E-state index in [2.05, 4.69) is 105 Å². The SMILES string of the molecule is CC(C)c1cnnc(Nc2ccc3ncc(Br)cc3n2)c1.Cc1[nH]ncc1-c1cnc2ccc(Nc3cc(C(C)C)cnn3)nc2c1. The van der Waals surface area contributed by atoms with Gasteiger partial charge in [-0.05, 0) is 94.3 Å². The molecule has 0 atom stereocenters. The molecule has 3 N–H and O–H groups in total. The van der Waals surface area contributed by atoms with Gasteiger partial charge in [0.1, 0.15) is 11.6 Å². The molecule has 7 heterocycles. The van der Waals surface area contributed by atoms with Crippen molar-refractivity contribution >= 4 is 61.3 Å². The Kier molecular flexibility index (Phi) is 9.34. The van der Waals surface area contributed by atoms with E-state index in [0.717, 1.165) is 60.3 Å². The monoisotopic (exact) mass is 688 g/mol. The van der Waals surface area contributed by atoms with E-state index in [4.69, 9.17) is 0 Å². The van der Waals surface area contributed by atoms with Gasteiger partial charge in [0.2, 0.25) is 0 Å². The molecule has 0 saturated heterocycles. The highest BCUT2D eigenvalue weighted by Gasteiger charge is 2.09. The van der Waals surface area contributed by atoms with Crippen LogP contribution >= 0.6 is 15.9 Å². The van der Waals surface area contributed by atoms with Gasteiger partial charge in [-0.1, -0.05) is 27.7 Å². The van der Waals surface area contributed by atoms with Crippen LogP contribution in [-0.4, -0.2) is 50.5 Å². The molecule has 0 bridgehead atoms. The molecule has 47 heavy (non-hydrogen) atoms. The van der Waals surface area contributed by atoms with Crippen molar-refractivity contribution < 1.29 is 0 Å². The van der Waals surface area contributed by atoms with Crippen molar-refractivity contribution in [3.8, 4) is 11.1 Å². The van der Waals surface area contributed by atoms with Gasteiger partial charge in [-0.15, -0.1) is 10.2 Å². The Balaban J connectivity index is 0.000000168. The maximum Gasteiger partial charge on any atom is 0.154 e. The summed E-state index contributed by atoms with van der Waals surface area (Å²) in [5.41, 5.74) is 8.59. The van der Waals surface area contributed by atoms with E-state index < -0.39 is 0 Å². The van der Waals surface area contributed by atoms with E-state index in [1.165, 1.54) is 0 Å². The fraction of sp³-hybridized carbons (Fsp3) is 0.206. The van der Waals surface area contributed by atoms with Crippen molar-refractivity contribution in [3.63, 3.8) is 0 Å². The number of aromatic amines is 1. The summed E-state index contributed by atoms with van der Waals surface area (Å²) in [5, 5.41) is 29.7. The lowest BCUT2D eigenvalue weighted by Crippen LogP contribution is -2.00. The van der Waals surface area contributed by atoms with Crippen molar-refractivity contribution in [1.82, 2.24) is 50.5 Å². The van der Waals surface area contributed by atoms with Crippen molar-refractivity contribution in [1.29, 1.82) is 0 Å². The molecule has 0 radical (unpaired) electrons. The number of anilines is 4. The summed E-state index contributed by atoms with van der Waals surface area (Å²) in [7, 11) is 0. The number of aryl methyl sites for hydroxylation is 1. The Labute approximate surface area is 280 Å². The topological polar surface area (TPSA) is 156 Å². The maximum absolute atomic E-state index is 4.67. The zero-order valence-electron chi connectivity index (χ0n) is 26.6. The molecule has 7 aromatic rings. The standard InChI is InChI=1S/C19H19N7.C15H14BrN5/c1-11(2)13-7-19(26-21-9-13)24-18-5-4-16-17(23-18)6-14(8-20-16)15-10-22-25-12(15)3;1-9(2)10-5-15(21-18-7-10)20-14-4-3-12-13(19-14)6-11(16)8-17-12/h4-11H,1-3H3,(H,22,25)(H,23,24,26);3-9H,1-2H3,(H,19,20,21). The number of H-pyrrole nitrogens is 1. The van der Waals surface area contributed by atoms with Crippen LogP contribution in [0.2, 0.25) is 0 Å². The van der Waals surface area contributed by atoms with Crippen LogP contribution in [0.25, 0.3) is 33.2 Å². The molecule has 12 nitrogen and oxygen atoms in total. The molecule has 0 aliphatic rings. The van der Waals surface area contributed by atoms with Crippen molar-refractivity contribution in [2.75, 3.05) is 10.6 Å². The third-order valence-electron chi connectivity index (χ3n) is 7.38. The minimum Gasteiger partial charge on any atom is -0.323 e. The molecule has 0 saturated carbocycles. The van der Waals surface area contributed by atoms with Crippen LogP contribution < -0.4 is 10.6 Å². The predicted molar refractivity (Wildman–Crippen MR) is 188 cm³/mol. The van der Waals surface area contributed by atoms with E-state index in [0.29, 0.717) is 29.3 Å². The molecule has 7 rings (SSSR count). The quantitative estimate of drug-likeness (QED) is 0.149. The minimum atomic E-state index is 0.389. The van der Waals surface area contributed by atoms with E-state index >= 15 is 0 Å². The van der Waals surface area contributed by atoms with Gasteiger partial charge in [0.15, 0.2) is 11.6 Å². The molecular formula is C34H33BrN12. The largest absolute Gasteiger partial charge is 0.323 e. The van der Waals surface area contributed by atoms with Gasteiger partial charge in [-0.2, -0.15) is 15.3 Å². The average Bonchev–Trinajstić information content (AvgIpc) is 3.50. The molecular weight excluding hydrogens is 656 g/mol. The van der Waals surface area contributed by atoms with Crippen molar-refractivity contribution in [3.05, 3.63) is 101 Å². The molecule has 7 aromatic heterocycles. The molecule has 0 unspecified atom stereocenters. The smallest absolute Gasteiger partial charge is 0.154 e. The van der Waals surface area contributed by atoms with E-state index in [1.807, 2.05) is 61.7 Å². The van der Waals surface area contributed by atoms with Gasteiger partial charge in [0.05, 0.1) is 40.7 Å². The number of nitrogens with zero attached hydrogens (tertiary/aromatic N) is 9. The number of rotatable bonds is 7. The first-order valence-electron chi connectivity index (χ1n) is 15.1. The number of hydrogen-bond donors (Lipinski definition) is 3. The summed E-state index contributed by atoms with van der Waals surface area (Å²) < 4.78 is 0.904. The minimum absolute atomic E-state index is 0.389. The summed E-state index contributed by atoms with van der Waals surface area (Å²) in [6.07, 6.45) is 8.96. The van der Waals surface area contributed by atoms with Crippen LogP contribution in [0, 0.1) is 6.92 Å². The Morgan fingerprint density at radius 1 is 0.617 bits per heavy atom. The first-order valence-corrected chi connectivity index (χ1v) is 15.9. The number of fused-ring (bicyclic) bond motifs is 2. The van der Waals surface area contributed by atoms with E-state index in [9.17, 15) is 0 Å². The molecule has 0 amide bonds. The first kappa shape index (κ1) is 31.5. The van der Waals surface area contributed by atoms with Gasteiger partial charge >= 0.3 is 0 Å². The van der Waals surface area contributed by atoms with Crippen molar-refractivity contribution in [2.24, 2.45) is 0 Å². The average molecular weight is 690 g/mol. The highest BCUT2D eigenvalue weighted by molar-refractivity contribution is 9.10. The van der Waals surface area contributed by atoms with Gasteiger partial charge in [0.25, 0.3) is 0 Å². The highest BCUT2D eigenvalue weighted by Crippen LogP contribution is 2.26. The fourth-order valence-electron chi connectivity index (χ4n) is 4.70. The second-order valence-electron chi connectivity index (χ2n) is 11.6. The third-order valence-corrected chi connectivity index (χ3v) is 7.81. The highest BCUT2D eigenvalue weighted by atomic mass is 79.9. The summed E-state index contributed by atoms with van der Waals surface area (Å²) in [6.45, 7) is 10.5. The third kappa shape index (κ3) is 7.69. The number of halogens is 1. The lowest BCUT2D eigenvalue weighted by molar-refractivity contribution is 0.843. The van der Waals surface area contributed by atoms with Crippen LogP contribution in [-0.2, 0) is 0 Å². The zero-order chi connectivity index (χ0) is 32.9. The van der Waals surface area contributed by atoms with Crippen LogP contribution in [0.5, 0.6) is 0 Å². The lowest BCUT2D eigenvalue weighted by Gasteiger charge is -2.09. The zero-order valence-corrected chi connectivity index (χ0v) is 28.1. The Morgan fingerprint density at radius 2 is 1.17 bits per heavy atom. The second kappa shape index (κ2) is 13.9. The molecule has 0 aliphatic carbocycles. The molecule has 0 aromatic carbocycles. The lowest BCUT2D eigenvalue weighted by atomic mass is 10.1. The Morgan fingerprint density at radius 3 is 1.70 bits per heavy atom. The van der Waals surface area contributed by atoms with Crippen LogP contribution in [0.3, 0.4) is 0 Å². The Bertz CT molecular complexity index is 2160. The molecule has 0 fully saturated rings. The van der Waals surface area contributed by atoms with Gasteiger partial charge in [0, 0.05) is 33.7 Å². The molecule has 13 heteroatoms. The molecule has 0 spiro atoms. The van der Waals surface area contributed by atoms with Crippen LogP contribution in [0.15, 0.2) is 84.0 Å². The summed E-state index contributed by atoms with van der Waals surface area (Å²) >= 11 is 3.40. The van der Waals surface area contributed by atoms with Crippen LogP contribution in [0.4, 0.5) is 23.3 Å². The Hall–Kier alpha value is -5.43. The summed E-state index contributed by atoms with van der Waals surface area (Å²) in [6, 6.07) is 15.6. The van der Waals surface area contributed by atoms with Gasteiger partial charge in [-0.3, -0.25) is 15.1 Å². The predicted octanol–water partition coefficient (Wildman–Crippen LogP) is 8.03. The van der Waals surface area contributed by atoms with E-state index in [1.54, 1.807) is 24.8 Å². The number of pyridine rings is 4. The number of hydrogen-bond acceptors (Lipinski definition) is 11. The van der Waals surface area contributed by atoms with Gasteiger partial charge in [-0.25, -0.2) is 9.97 Å². The first-order chi connectivity index (χ1) is 22.7. The van der Waals surface area contributed by atoms with Gasteiger partial charge < -0.3 is 10.6 Å². The summed E-state index contributed by atoms with van der Waals surface area (Å²) in [4.78, 5) is 18.0. The normalized spacial score (nSPS) is 11.1. The molecule has 236 valence electrons.